The van der Waals surface area contributed by atoms with Crippen LogP contribution in [-0.2, 0) is 4.74 Å². The van der Waals surface area contributed by atoms with E-state index in [1.165, 1.54) is 0 Å². The van der Waals surface area contributed by atoms with Gasteiger partial charge in [0, 0.05) is 16.9 Å². The molecule has 0 radical (unpaired) electrons. The second-order valence-corrected chi connectivity index (χ2v) is 6.98. The average molecular weight is 220 g/mol. The molecule has 0 bridgehead atoms. The van der Waals surface area contributed by atoms with Gasteiger partial charge in [-0.1, -0.05) is 48.9 Å². The summed E-state index contributed by atoms with van der Waals surface area (Å²) in [6.07, 6.45) is 0.960. The van der Waals surface area contributed by atoms with Gasteiger partial charge in [-0.3, -0.25) is 0 Å². The highest BCUT2D eigenvalue weighted by Crippen LogP contribution is 2.35. The smallest absolute Gasteiger partial charge is 0.0896 e. The van der Waals surface area contributed by atoms with E-state index in [4.69, 9.17) is 4.74 Å². The molecular weight excluding hydrogens is 200 g/mol. The molecule has 3 heteroatoms. The molecule has 0 spiro atoms. The van der Waals surface area contributed by atoms with Crippen LogP contribution in [0.1, 0.15) is 34.1 Å². The Hall–Kier alpha value is 0.240. The SMILES string of the molecule is C=C(CCSSC(C)(C)C)OCC. The van der Waals surface area contributed by atoms with E-state index >= 15 is 0 Å². The molecule has 0 aromatic carbocycles. The van der Waals surface area contributed by atoms with Crippen LogP contribution in [0, 0.1) is 0 Å². The van der Waals surface area contributed by atoms with Gasteiger partial charge >= 0.3 is 0 Å². The van der Waals surface area contributed by atoms with Crippen molar-refractivity contribution < 1.29 is 4.74 Å². The molecule has 0 N–H and O–H groups in total. The van der Waals surface area contributed by atoms with E-state index < -0.39 is 0 Å². The highest BCUT2D eigenvalue weighted by Gasteiger charge is 2.10. The normalized spacial score (nSPS) is 11.4. The monoisotopic (exact) mass is 220 g/mol. The molecule has 13 heavy (non-hydrogen) atoms. The van der Waals surface area contributed by atoms with Gasteiger partial charge in [-0.2, -0.15) is 0 Å². The summed E-state index contributed by atoms with van der Waals surface area (Å²) in [6.45, 7) is 13.2. The second-order valence-electron chi connectivity index (χ2n) is 3.74. The quantitative estimate of drug-likeness (QED) is 0.379. The molecule has 0 saturated heterocycles. The van der Waals surface area contributed by atoms with Crippen molar-refractivity contribution in [1.82, 2.24) is 0 Å². The van der Waals surface area contributed by atoms with Gasteiger partial charge in [-0.05, 0) is 6.92 Å². The highest BCUT2D eigenvalue weighted by molar-refractivity contribution is 8.77. The van der Waals surface area contributed by atoms with E-state index in [0.29, 0.717) is 4.75 Å². The fourth-order valence-electron chi connectivity index (χ4n) is 0.650. The van der Waals surface area contributed by atoms with Crippen molar-refractivity contribution in [3.05, 3.63) is 12.3 Å². The van der Waals surface area contributed by atoms with Crippen LogP contribution < -0.4 is 0 Å². The van der Waals surface area contributed by atoms with Gasteiger partial charge in [0.15, 0.2) is 0 Å². The molecule has 78 valence electrons. The minimum absolute atomic E-state index is 0.345. The molecule has 0 aromatic heterocycles. The Labute approximate surface area is 90.1 Å². The van der Waals surface area contributed by atoms with Gasteiger partial charge < -0.3 is 4.74 Å². The Balaban J connectivity index is 3.31. The summed E-state index contributed by atoms with van der Waals surface area (Å²) in [4.78, 5) is 0. The third-order valence-corrected chi connectivity index (χ3v) is 4.46. The molecule has 0 rings (SSSR count). The zero-order valence-electron chi connectivity index (χ0n) is 9.05. The lowest BCUT2D eigenvalue weighted by Gasteiger charge is -2.16. The third kappa shape index (κ3) is 10.2. The Bertz CT molecular complexity index is 149. The Morgan fingerprint density at radius 3 is 2.46 bits per heavy atom. The number of hydrogen-bond acceptors (Lipinski definition) is 3. The highest BCUT2D eigenvalue weighted by atomic mass is 33.1. The topological polar surface area (TPSA) is 9.23 Å². The predicted molar refractivity (Wildman–Crippen MR) is 65.2 cm³/mol. The van der Waals surface area contributed by atoms with Crippen LogP contribution in [0.25, 0.3) is 0 Å². The van der Waals surface area contributed by atoms with Gasteiger partial charge in [-0.25, -0.2) is 0 Å². The Morgan fingerprint density at radius 1 is 1.38 bits per heavy atom. The van der Waals surface area contributed by atoms with Crippen molar-refractivity contribution in [3.8, 4) is 0 Å². The summed E-state index contributed by atoms with van der Waals surface area (Å²) in [5, 5.41) is 0. The van der Waals surface area contributed by atoms with E-state index in [0.717, 1.165) is 24.5 Å². The Kier molecular flexibility index (Phi) is 6.78. The fraction of sp³-hybridized carbons (Fsp3) is 0.800. The standard InChI is InChI=1S/C10H20OS2/c1-6-11-9(2)7-8-12-13-10(3,4)5/h2,6-8H2,1,3-5H3. The van der Waals surface area contributed by atoms with Crippen molar-refractivity contribution in [1.29, 1.82) is 0 Å². The van der Waals surface area contributed by atoms with Crippen molar-refractivity contribution in [2.45, 2.75) is 38.9 Å². The molecule has 0 amide bonds. The van der Waals surface area contributed by atoms with Crippen molar-refractivity contribution in [2.24, 2.45) is 0 Å². The summed E-state index contributed by atoms with van der Waals surface area (Å²) >= 11 is 0. The maximum atomic E-state index is 5.26. The lowest BCUT2D eigenvalue weighted by atomic mass is 10.3. The molecule has 0 aliphatic rings. The molecule has 0 unspecified atom stereocenters. The summed E-state index contributed by atoms with van der Waals surface area (Å²) in [5.41, 5.74) is 0. The van der Waals surface area contributed by atoms with Crippen LogP contribution in [0.4, 0.5) is 0 Å². The molecule has 0 heterocycles. The van der Waals surface area contributed by atoms with E-state index in [9.17, 15) is 0 Å². The van der Waals surface area contributed by atoms with Crippen LogP contribution >= 0.6 is 21.6 Å². The minimum Gasteiger partial charge on any atom is -0.499 e. The van der Waals surface area contributed by atoms with Crippen LogP contribution in [0.5, 0.6) is 0 Å². The van der Waals surface area contributed by atoms with Crippen LogP contribution in [0.15, 0.2) is 12.3 Å². The number of ether oxygens (including phenoxy) is 1. The van der Waals surface area contributed by atoms with E-state index in [1.54, 1.807) is 0 Å². The van der Waals surface area contributed by atoms with Gasteiger partial charge in [0.25, 0.3) is 0 Å². The first kappa shape index (κ1) is 13.2. The fourth-order valence-corrected chi connectivity index (χ4v) is 2.96. The van der Waals surface area contributed by atoms with E-state index in [2.05, 4.69) is 27.4 Å². The first-order valence-corrected chi connectivity index (χ1v) is 6.89. The van der Waals surface area contributed by atoms with Crippen LogP contribution in [0.2, 0.25) is 0 Å². The van der Waals surface area contributed by atoms with Gasteiger partial charge in [-0.15, -0.1) is 0 Å². The Morgan fingerprint density at radius 2 is 2.00 bits per heavy atom. The second kappa shape index (κ2) is 6.66. The summed E-state index contributed by atoms with van der Waals surface area (Å²) in [7, 11) is 3.80. The molecule has 0 aliphatic heterocycles. The van der Waals surface area contributed by atoms with E-state index in [-0.39, 0.29) is 0 Å². The lowest BCUT2D eigenvalue weighted by molar-refractivity contribution is 0.223. The molecular formula is C10H20OS2. The van der Waals surface area contributed by atoms with Crippen molar-refractivity contribution in [3.63, 3.8) is 0 Å². The van der Waals surface area contributed by atoms with E-state index in [1.807, 2.05) is 28.5 Å². The lowest BCUT2D eigenvalue weighted by Crippen LogP contribution is -2.04. The largest absolute Gasteiger partial charge is 0.499 e. The number of rotatable bonds is 6. The molecule has 1 nitrogen and oxygen atoms in total. The third-order valence-electron chi connectivity index (χ3n) is 1.12. The van der Waals surface area contributed by atoms with Gasteiger partial charge in [0.1, 0.15) is 0 Å². The van der Waals surface area contributed by atoms with Crippen molar-refractivity contribution >= 4 is 21.6 Å². The van der Waals surface area contributed by atoms with Gasteiger partial charge in [0.2, 0.25) is 0 Å². The minimum atomic E-state index is 0.345. The summed E-state index contributed by atoms with van der Waals surface area (Å²) in [5.74, 6) is 1.99. The number of hydrogen-bond donors (Lipinski definition) is 0. The molecule has 0 atom stereocenters. The van der Waals surface area contributed by atoms with Gasteiger partial charge in [0.05, 0.1) is 12.4 Å². The average Bonchev–Trinajstić information content (AvgIpc) is 1.97. The first-order chi connectivity index (χ1) is 5.95. The zero-order chi connectivity index (χ0) is 10.3. The molecule has 0 aromatic rings. The van der Waals surface area contributed by atoms with Crippen LogP contribution in [0.3, 0.4) is 0 Å². The first-order valence-electron chi connectivity index (χ1n) is 4.57. The maximum Gasteiger partial charge on any atom is 0.0896 e. The summed E-state index contributed by atoms with van der Waals surface area (Å²) in [6, 6.07) is 0. The zero-order valence-corrected chi connectivity index (χ0v) is 10.7. The molecule has 0 saturated carbocycles. The maximum absolute atomic E-state index is 5.26. The summed E-state index contributed by atoms with van der Waals surface area (Å²) < 4.78 is 5.60. The molecule has 0 aliphatic carbocycles. The van der Waals surface area contributed by atoms with Crippen molar-refractivity contribution in [2.75, 3.05) is 12.4 Å². The predicted octanol–water partition coefficient (Wildman–Crippen LogP) is 4.11. The molecule has 0 fully saturated rings. The number of allylic oxidation sites excluding steroid dienone is 1. The van der Waals surface area contributed by atoms with Crippen LogP contribution in [-0.4, -0.2) is 17.1 Å².